The average molecular weight is 269 g/mol. The largest absolute Gasteiger partial charge is 0.354 e. The molecule has 0 atom stereocenters. The molecule has 2 aromatic rings. The highest BCUT2D eigenvalue weighted by Gasteiger charge is 2.13. The van der Waals surface area contributed by atoms with Crippen molar-refractivity contribution in [2.45, 2.75) is 6.92 Å². The Morgan fingerprint density at radius 1 is 1.10 bits per heavy atom. The number of benzene rings is 1. The smallest absolute Gasteiger partial charge is 0.229 e. The summed E-state index contributed by atoms with van der Waals surface area (Å²) in [6.07, 6.45) is 0. The van der Waals surface area contributed by atoms with E-state index in [-0.39, 0.29) is 0 Å². The van der Waals surface area contributed by atoms with E-state index in [0.717, 1.165) is 43.4 Å². The van der Waals surface area contributed by atoms with E-state index in [1.54, 1.807) is 0 Å². The Morgan fingerprint density at radius 2 is 1.85 bits per heavy atom. The molecular weight excluding hydrogens is 250 g/mol. The van der Waals surface area contributed by atoms with E-state index in [9.17, 15) is 0 Å². The zero-order chi connectivity index (χ0) is 13.8. The van der Waals surface area contributed by atoms with Crippen LogP contribution >= 0.6 is 0 Å². The standard InChI is InChI=1S/C15H19N5/c1-12-11-14(20-9-7-16-8-10-20)19-15(17-12)18-13-5-3-2-4-6-13/h2-6,11,16H,7-10H2,1H3,(H,17,18,19). The molecule has 1 aliphatic heterocycles. The second-order valence-corrected chi connectivity index (χ2v) is 4.92. The molecule has 0 radical (unpaired) electrons. The maximum atomic E-state index is 4.63. The van der Waals surface area contributed by atoms with Crippen LogP contribution in [0.25, 0.3) is 0 Å². The molecule has 0 saturated carbocycles. The van der Waals surface area contributed by atoms with E-state index >= 15 is 0 Å². The molecule has 104 valence electrons. The Labute approximate surface area is 119 Å². The molecule has 2 heterocycles. The van der Waals surface area contributed by atoms with Gasteiger partial charge < -0.3 is 15.5 Å². The van der Waals surface area contributed by atoms with Crippen molar-refractivity contribution in [1.29, 1.82) is 0 Å². The first-order valence-electron chi connectivity index (χ1n) is 6.95. The topological polar surface area (TPSA) is 53.1 Å². The third kappa shape index (κ3) is 3.05. The van der Waals surface area contributed by atoms with E-state index in [2.05, 4.69) is 25.5 Å². The zero-order valence-corrected chi connectivity index (χ0v) is 11.6. The molecule has 20 heavy (non-hydrogen) atoms. The zero-order valence-electron chi connectivity index (χ0n) is 11.6. The number of nitrogens with zero attached hydrogens (tertiary/aromatic N) is 3. The molecule has 0 amide bonds. The summed E-state index contributed by atoms with van der Waals surface area (Å²) in [5.74, 6) is 1.65. The van der Waals surface area contributed by atoms with Crippen molar-refractivity contribution in [3.8, 4) is 0 Å². The normalized spacial score (nSPS) is 15.2. The fraction of sp³-hybridized carbons (Fsp3) is 0.333. The Kier molecular flexibility index (Phi) is 3.78. The van der Waals surface area contributed by atoms with Gasteiger partial charge in [0.2, 0.25) is 5.95 Å². The maximum absolute atomic E-state index is 4.63. The minimum atomic E-state index is 0.657. The van der Waals surface area contributed by atoms with Gasteiger partial charge in [-0.3, -0.25) is 0 Å². The molecule has 1 aromatic carbocycles. The number of anilines is 3. The van der Waals surface area contributed by atoms with Crippen LogP contribution in [0.15, 0.2) is 36.4 Å². The highest BCUT2D eigenvalue weighted by atomic mass is 15.3. The molecule has 0 spiro atoms. The highest BCUT2D eigenvalue weighted by molar-refractivity contribution is 5.55. The minimum absolute atomic E-state index is 0.657. The highest BCUT2D eigenvalue weighted by Crippen LogP contribution is 2.18. The molecule has 0 bridgehead atoms. The number of rotatable bonds is 3. The van der Waals surface area contributed by atoms with Gasteiger partial charge in [0, 0.05) is 43.6 Å². The summed E-state index contributed by atoms with van der Waals surface area (Å²) in [6, 6.07) is 12.0. The van der Waals surface area contributed by atoms with E-state index in [4.69, 9.17) is 0 Å². The number of aromatic nitrogens is 2. The Hall–Kier alpha value is -2.14. The third-order valence-corrected chi connectivity index (χ3v) is 3.31. The van der Waals surface area contributed by atoms with Crippen LogP contribution in [0.3, 0.4) is 0 Å². The van der Waals surface area contributed by atoms with Crippen molar-refractivity contribution >= 4 is 17.5 Å². The van der Waals surface area contributed by atoms with Crippen LogP contribution in [-0.2, 0) is 0 Å². The van der Waals surface area contributed by atoms with Gasteiger partial charge in [0.15, 0.2) is 0 Å². The van der Waals surface area contributed by atoms with Crippen molar-refractivity contribution in [2.75, 3.05) is 36.4 Å². The van der Waals surface area contributed by atoms with Gasteiger partial charge >= 0.3 is 0 Å². The van der Waals surface area contributed by atoms with Crippen LogP contribution in [-0.4, -0.2) is 36.1 Å². The first-order valence-corrected chi connectivity index (χ1v) is 6.95. The summed E-state index contributed by atoms with van der Waals surface area (Å²) >= 11 is 0. The van der Waals surface area contributed by atoms with Crippen LogP contribution in [0, 0.1) is 6.92 Å². The number of nitrogens with one attached hydrogen (secondary N) is 2. The van der Waals surface area contributed by atoms with E-state index < -0.39 is 0 Å². The predicted molar refractivity (Wildman–Crippen MR) is 81.6 cm³/mol. The maximum Gasteiger partial charge on any atom is 0.229 e. The number of aryl methyl sites for hydroxylation is 1. The lowest BCUT2D eigenvalue weighted by atomic mass is 10.3. The second-order valence-electron chi connectivity index (χ2n) is 4.92. The van der Waals surface area contributed by atoms with Crippen LogP contribution < -0.4 is 15.5 Å². The summed E-state index contributed by atoms with van der Waals surface area (Å²) in [4.78, 5) is 11.4. The van der Waals surface area contributed by atoms with Crippen molar-refractivity contribution in [1.82, 2.24) is 15.3 Å². The molecule has 2 N–H and O–H groups in total. The van der Waals surface area contributed by atoms with Gasteiger partial charge in [-0.2, -0.15) is 4.98 Å². The van der Waals surface area contributed by atoms with E-state index in [1.165, 1.54) is 0 Å². The quantitative estimate of drug-likeness (QED) is 0.892. The van der Waals surface area contributed by atoms with E-state index in [0.29, 0.717) is 5.95 Å². The van der Waals surface area contributed by atoms with Gasteiger partial charge in [-0.05, 0) is 19.1 Å². The lowest BCUT2D eigenvalue weighted by Crippen LogP contribution is -2.44. The van der Waals surface area contributed by atoms with Gasteiger partial charge in [-0.25, -0.2) is 4.98 Å². The molecule has 1 fully saturated rings. The molecule has 5 heteroatoms. The van der Waals surface area contributed by atoms with E-state index in [1.807, 2.05) is 43.3 Å². The number of hydrogen-bond donors (Lipinski definition) is 2. The Morgan fingerprint density at radius 3 is 2.60 bits per heavy atom. The van der Waals surface area contributed by atoms with Gasteiger partial charge in [0.05, 0.1) is 0 Å². The van der Waals surface area contributed by atoms with Crippen molar-refractivity contribution in [3.63, 3.8) is 0 Å². The molecule has 1 aliphatic rings. The van der Waals surface area contributed by atoms with Crippen molar-refractivity contribution < 1.29 is 0 Å². The Balaban J connectivity index is 1.82. The molecule has 0 aliphatic carbocycles. The van der Waals surface area contributed by atoms with Gasteiger partial charge in [-0.1, -0.05) is 18.2 Å². The van der Waals surface area contributed by atoms with Crippen molar-refractivity contribution in [3.05, 3.63) is 42.1 Å². The summed E-state index contributed by atoms with van der Waals surface area (Å²) in [6.45, 7) is 5.99. The van der Waals surface area contributed by atoms with Crippen molar-refractivity contribution in [2.24, 2.45) is 0 Å². The molecule has 0 unspecified atom stereocenters. The monoisotopic (exact) mass is 269 g/mol. The average Bonchev–Trinajstić information content (AvgIpc) is 2.49. The number of para-hydroxylation sites is 1. The van der Waals surface area contributed by atoms with Gasteiger partial charge in [-0.15, -0.1) is 0 Å². The molecule has 3 rings (SSSR count). The summed E-state index contributed by atoms with van der Waals surface area (Å²) in [5.41, 5.74) is 1.98. The second kappa shape index (κ2) is 5.88. The minimum Gasteiger partial charge on any atom is -0.354 e. The lowest BCUT2D eigenvalue weighted by Gasteiger charge is -2.28. The molecule has 5 nitrogen and oxygen atoms in total. The molecule has 1 aromatic heterocycles. The first-order chi connectivity index (χ1) is 9.81. The van der Waals surface area contributed by atoms with Gasteiger partial charge in [0.1, 0.15) is 5.82 Å². The summed E-state index contributed by atoms with van der Waals surface area (Å²) in [5, 5.41) is 6.61. The van der Waals surface area contributed by atoms with Crippen LogP contribution in [0.5, 0.6) is 0 Å². The molecular formula is C15H19N5. The summed E-state index contributed by atoms with van der Waals surface area (Å²) in [7, 11) is 0. The number of piperazine rings is 1. The van der Waals surface area contributed by atoms with Crippen LogP contribution in [0.4, 0.5) is 17.5 Å². The molecule has 1 saturated heterocycles. The fourth-order valence-corrected chi connectivity index (χ4v) is 2.31. The third-order valence-electron chi connectivity index (χ3n) is 3.31. The van der Waals surface area contributed by atoms with Crippen LogP contribution in [0.1, 0.15) is 5.69 Å². The van der Waals surface area contributed by atoms with Crippen LogP contribution in [0.2, 0.25) is 0 Å². The summed E-state index contributed by atoms with van der Waals surface area (Å²) < 4.78 is 0. The predicted octanol–water partition coefficient (Wildman–Crippen LogP) is 1.94. The Bertz CT molecular complexity index is 564. The lowest BCUT2D eigenvalue weighted by molar-refractivity contribution is 0.584. The number of hydrogen-bond acceptors (Lipinski definition) is 5. The fourth-order valence-electron chi connectivity index (χ4n) is 2.31. The van der Waals surface area contributed by atoms with Gasteiger partial charge in [0.25, 0.3) is 0 Å². The first kappa shape index (κ1) is 12.9. The SMILES string of the molecule is Cc1cc(N2CCNCC2)nc(Nc2ccccc2)n1.